The second-order valence-electron chi connectivity index (χ2n) is 6.11. The predicted octanol–water partition coefficient (Wildman–Crippen LogP) is 1.77. The van der Waals surface area contributed by atoms with Crippen molar-refractivity contribution in [2.24, 2.45) is 5.92 Å². The number of rotatable bonds is 3. The van der Waals surface area contributed by atoms with Crippen molar-refractivity contribution in [3.8, 4) is 0 Å². The summed E-state index contributed by atoms with van der Waals surface area (Å²) in [4.78, 5) is 25.0. The Hall–Kier alpha value is -2.02. The summed E-state index contributed by atoms with van der Waals surface area (Å²) < 4.78 is 32.4. The first-order chi connectivity index (χ1) is 10.9. The first-order valence-electron chi connectivity index (χ1n) is 7.49. The molecule has 3 rings (SSSR count). The highest BCUT2D eigenvalue weighted by Gasteiger charge is 2.48. The predicted molar refractivity (Wildman–Crippen MR) is 75.8 cm³/mol. The highest BCUT2D eigenvalue weighted by Crippen LogP contribution is 2.49. The van der Waals surface area contributed by atoms with Crippen LogP contribution in [0, 0.1) is 17.6 Å². The van der Waals surface area contributed by atoms with Crippen LogP contribution in [0.4, 0.5) is 8.78 Å². The third kappa shape index (κ3) is 3.06. The Morgan fingerprint density at radius 1 is 1.30 bits per heavy atom. The van der Waals surface area contributed by atoms with Crippen LogP contribution in [0.2, 0.25) is 0 Å². The molecule has 1 aromatic rings. The molecule has 4 atom stereocenters. The van der Waals surface area contributed by atoms with Gasteiger partial charge in [-0.15, -0.1) is 0 Å². The molecule has 0 radical (unpaired) electrons. The van der Waals surface area contributed by atoms with E-state index in [0.717, 1.165) is 6.07 Å². The molecule has 1 aliphatic carbocycles. The Kier molecular flexibility index (Phi) is 4.06. The van der Waals surface area contributed by atoms with E-state index in [9.17, 15) is 18.4 Å². The monoisotopic (exact) mass is 325 g/mol. The first kappa shape index (κ1) is 15.9. The Balaban J connectivity index is 1.70. The van der Waals surface area contributed by atoms with Crippen LogP contribution in [-0.2, 0) is 14.3 Å². The zero-order valence-corrected chi connectivity index (χ0v) is 12.5. The lowest BCUT2D eigenvalue weighted by Gasteiger charge is -2.35. The number of ether oxygens (including phenoxy) is 1. The number of aliphatic carboxylic acids is 1. The van der Waals surface area contributed by atoms with E-state index in [-0.39, 0.29) is 30.0 Å². The lowest BCUT2D eigenvalue weighted by Crippen LogP contribution is -2.52. The Bertz CT molecular complexity index is 651. The molecule has 0 bridgehead atoms. The second kappa shape index (κ2) is 5.88. The van der Waals surface area contributed by atoms with Crippen LogP contribution in [0.3, 0.4) is 0 Å². The summed E-state index contributed by atoms with van der Waals surface area (Å²) in [6.07, 6.45) is -0.981. The first-order valence-corrected chi connectivity index (χ1v) is 7.49. The zero-order valence-electron chi connectivity index (χ0n) is 12.5. The molecule has 1 heterocycles. The molecule has 2 aliphatic rings. The fraction of sp³-hybridized carbons (Fsp3) is 0.500. The van der Waals surface area contributed by atoms with Crippen molar-refractivity contribution in [1.29, 1.82) is 0 Å². The van der Waals surface area contributed by atoms with Gasteiger partial charge in [0.1, 0.15) is 0 Å². The van der Waals surface area contributed by atoms with E-state index < -0.39 is 29.6 Å². The number of nitrogens with zero attached hydrogens (tertiary/aromatic N) is 1. The number of amides is 1. The van der Waals surface area contributed by atoms with Gasteiger partial charge >= 0.3 is 5.97 Å². The number of hydrogen-bond donors (Lipinski definition) is 1. The van der Waals surface area contributed by atoms with Crippen molar-refractivity contribution in [2.75, 3.05) is 13.1 Å². The molecule has 1 N–H and O–H groups in total. The van der Waals surface area contributed by atoms with Crippen LogP contribution in [0.15, 0.2) is 18.2 Å². The summed E-state index contributed by atoms with van der Waals surface area (Å²) >= 11 is 0. The molecule has 7 heteroatoms. The van der Waals surface area contributed by atoms with Crippen LogP contribution in [0.25, 0.3) is 0 Å². The quantitative estimate of drug-likeness (QED) is 0.920. The molecule has 5 nitrogen and oxygen atoms in total. The van der Waals surface area contributed by atoms with E-state index in [2.05, 4.69) is 0 Å². The Morgan fingerprint density at radius 2 is 2.04 bits per heavy atom. The van der Waals surface area contributed by atoms with E-state index in [1.165, 1.54) is 17.0 Å². The van der Waals surface area contributed by atoms with Gasteiger partial charge < -0.3 is 14.7 Å². The molecular formula is C16H17F2NO4. The molecular weight excluding hydrogens is 308 g/mol. The third-order valence-electron chi connectivity index (χ3n) is 4.34. The summed E-state index contributed by atoms with van der Waals surface area (Å²) in [5.41, 5.74) is 0.208. The molecule has 1 saturated carbocycles. The Labute approximate surface area is 131 Å². The topological polar surface area (TPSA) is 66.8 Å². The number of carboxylic acid groups (broad SMARTS) is 1. The number of carboxylic acids is 1. The number of morpholine rings is 1. The van der Waals surface area contributed by atoms with Crippen LogP contribution in [0.1, 0.15) is 24.8 Å². The number of carbonyl (C=O) groups is 2. The minimum Gasteiger partial charge on any atom is -0.479 e. The standard InChI is InChI=1S/C16H17F2NO4/c1-8-6-19(7-13(23-8)16(21)22)15(20)11-5-10(11)9-3-2-4-12(17)14(9)18/h2-4,8,10-11,13H,5-7H2,1H3,(H,21,22)/t8-,10?,11?,13?/m1/s1. The smallest absolute Gasteiger partial charge is 0.334 e. The lowest BCUT2D eigenvalue weighted by molar-refractivity contribution is -0.167. The summed E-state index contributed by atoms with van der Waals surface area (Å²) in [6.45, 7) is 1.98. The molecule has 0 aromatic heterocycles. The second-order valence-corrected chi connectivity index (χ2v) is 6.11. The lowest BCUT2D eigenvalue weighted by atomic mass is 10.1. The van der Waals surface area contributed by atoms with Crippen molar-refractivity contribution in [1.82, 2.24) is 4.90 Å². The Morgan fingerprint density at radius 3 is 2.74 bits per heavy atom. The number of hydrogen-bond acceptors (Lipinski definition) is 3. The van der Waals surface area contributed by atoms with E-state index in [1.807, 2.05) is 0 Å². The van der Waals surface area contributed by atoms with Gasteiger partial charge in [-0.3, -0.25) is 4.79 Å². The van der Waals surface area contributed by atoms with Crippen LogP contribution < -0.4 is 0 Å². The van der Waals surface area contributed by atoms with Gasteiger partial charge in [0.15, 0.2) is 17.7 Å². The van der Waals surface area contributed by atoms with Crippen LogP contribution in [0.5, 0.6) is 0 Å². The molecule has 0 spiro atoms. The molecule has 1 saturated heterocycles. The summed E-state index contributed by atoms with van der Waals surface area (Å²) in [6, 6.07) is 3.95. The van der Waals surface area contributed by atoms with Gasteiger partial charge in [-0.1, -0.05) is 12.1 Å². The molecule has 2 fully saturated rings. The summed E-state index contributed by atoms with van der Waals surface area (Å²) in [5, 5.41) is 9.05. The number of carbonyl (C=O) groups excluding carboxylic acids is 1. The highest BCUT2D eigenvalue weighted by molar-refractivity contribution is 5.84. The summed E-state index contributed by atoms with van der Waals surface area (Å²) in [5.74, 6) is -3.94. The highest BCUT2D eigenvalue weighted by atomic mass is 19.2. The van der Waals surface area contributed by atoms with E-state index in [0.29, 0.717) is 13.0 Å². The average Bonchev–Trinajstić information content (AvgIpc) is 3.29. The average molecular weight is 325 g/mol. The fourth-order valence-electron chi connectivity index (χ4n) is 3.12. The van der Waals surface area contributed by atoms with Gasteiger partial charge in [-0.05, 0) is 30.9 Å². The van der Waals surface area contributed by atoms with Crippen molar-refractivity contribution in [3.63, 3.8) is 0 Å². The fourth-order valence-corrected chi connectivity index (χ4v) is 3.12. The van der Waals surface area contributed by atoms with Gasteiger partial charge in [0.25, 0.3) is 0 Å². The molecule has 1 amide bonds. The maximum absolute atomic E-state index is 13.8. The SMILES string of the molecule is C[C@@H]1CN(C(=O)C2CC2c2cccc(F)c2F)CC(C(=O)O)O1. The normalized spacial score (nSPS) is 30.1. The van der Waals surface area contributed by atoms with Gasteiger partial charge in [-0.2, -0.15) is 0 Å². The molecule has 3 unspecified atom stereocenters. The van der Waals surface area contributed by atoms with Gasteiger partial charge in [0.2, 0.25) is 5.91 Å². The maximum atomic E-state index is 13.8. The summed E-state index contributed by atoms with van der Waals surface area (Å²) in [7, 11) is 0. The third-order valence-corrected chi connectivity index (χ3v) is 4.34. The molecule has 124 valence electrons. The molecule has 23 heavy (non-hydrogen) atoms. The minimum atomic E-state index is -1.11. The van der Waals surface area contributed by atoms with Gasteiger partial charge in [0, 0.05) is 12.5 Å². The van der Waals surface area contributed by atoms with Gasteiger partial charge in [-0.25, -0.2) is 13.6 Å². The minimum absolute atomic E-state index is 0.0205. The number of halogens is 2. The maximum Gasteiger partial charge on any atom is 0.334 e. The zero-order chi connectivity index (χ0) is 16.7. The number of benzene rings is 1. The van der Waals surface area contributed by atoms with Crippen molar-refractivity contribution >= 4 is 11.9 Å². The van der Waals surface area contributed by atoms with Crippen molar-refractivity contribution < 1.29 is 28.2 Å². The van der Waals surface area contributed by atoms with E-state index in [1.54, 1.807) is 6.92 Å². The largest absolute Gasteiger partial charge is 0.479 e. The van der Waals surface area contributed by atoms with Crippen molar-refractivity contribution in [3.05, 3.63) is 35.4 Å². The van der Waals surface area contributed by atoms with Crippen LogP contribution >= 0.6 is 0 Å². The van der Waals surface area contributed by atoms with Crippen molar-refractivity contribution in [2.45, 2.75) is 31.5 Å². The molecule has 1 aromatic carbocycles. The van der Waals surface area contributed by atoms with Gasteiger partial charge in [0.05, 0.1) is 12.6 Å². The van der Waals surface area contributed by atoms with Crippen LogP contribution in [-0.4, -0.2) is 47.2 Å². The molecule has 1 aliphatic heterocycles. The van der Waals surface area contributed by atoms with E-state index in [4.69, 9.17) is 9.84 Å². The van der Waals surface area contributed by atoms with E-state index >= 15 is 0 Å².